The molecule has 6 rings (SSSR count). The highest BCUT2D eigenvalue weighted by Gasteiger charge is 2.41. The number of halogens is 3. The standard InChI is InChI=1S/C29H25BCl3N3O4/c1-28(2)19-8-6-16(11-20(19)30(38)39-28)15-34-27(37)25-9-7-18(24-5-4-10-36(24)25)23-14-29(3,40-35-23)17-12-21(31)26(33)22(32)13-17/h4-13,38H,14-15H2,1-3H3,(H,34,37)/t29-/m1/s1. The molecule has 7 nitrogen and oxygen atoms in total. The Morgan fingerprint density at radius 3 is 2.60 bits per heavy atom. The Morgan fingerprint density at radius 2 is 1.85 bits per heavy atom. The van der Waals surface area contributed by atoms with Crippen LogP contribution >= 0.6 is 34.8 Å². The summed E-state index contributed by atoms with van der Waals surface area (Å²) in [5, 5.41) is 18.7. The molecule has 11 heteroatoms. The molecule has 2 aromatic heterocycles. The Labute approximate surface area is 246 Å². The van der Waals surface area contributed by atoms with Crippen LogP contribution in [0.15, 0.2) is 65.9 Å². The van der Waals surface area contributed by atoms with E-state index in [0.717, 1.165) is 38.9 Å². The summed E-state index contributed by atoms with van der Waals surface area (Å²) in [6, 6.07) is 16.7. The van der Waals surface area contributed by atoms with Gasteiger partial charge in [0.15, 0.2) is 5.60 Å². The van der Waals surface area contributed by atoms with Gasteiger partial charge in [-0.1, -0.05) is 58.2 Å². The zero-order chi connectivity index (χ0) is 28.4. The van der Waals surface area contributed by atoms with Crippen molar-refractivity contribution in [3.63, 3.8) is 0 Å². The third-order valence-electron chi connectivity index (χ3n) is 7.58. The molecule has 1 atom stereocenters. The Morgan fingerprint density at radius 1 is 1.10 bits per heavy atom. The molecule has 0 spiro atoms. The summed E-state index contributed by atoms with van der Waals surface area (Å²) in [6.07, 6.45) is 2.31. The van der Waals surface area contributed by atoms with Crippen LogP contribution < -0.4 is 10.8 Å². The average Bonchev–Trinajstić information content (AvgIpc) is 3.62. The number of carbonyl (C=O) groups is 1. The van der Waals surface area contributed by atoms with Gasteiger partial charge in [0, 0.05) is 30.3 Å². The largest absolute Gasteiger partial charge is 0.492 e. The van der Waals surface area contributed by atoms with Gasteiger partial charge in [0.05, 0.1) is 31.9 Å². The second-order valence-corrected chi connectivity index (χ2v) is 12.0. The van der Waals surface area contributed by atoms with Crippen molar-refractivity contribution < 1.29 is 19.3 Å². The summed E-state index contributed by atoms with van der Waals surface area (Å²) >= 11 is 18.7. The van der Waals surface area contributed by atoms with Crippen molar-refractivity contribution in [3.8, 4) is 0 Å². The van der Waals surface area contributed by atoms with Crippen molar-refractivity contribution in [1.82, 2.24) is 9.72 Å². The van der Waals surface area contributed by atoms with Gasteiger partial charge in [0.25, 0.3) is 5.91 Å². The zero-order valence-electron chi connectivity index (χ0n) is 22.0. The number of amides is 1. The Bertz CT molecular complexity index is 1700. The van der Waals surface area contributed by atoms with E-state index in [2.05, 4.69) is 10.5 Å². The van der Waals surface area contributed by atoms with E-state index in [9.17, 15) is 9.82 Å². The number of hydrogen-bond donors (Lipinski definition) is 2. The molecule has 2 aromatic carbocycles. The molecule has 0 saturated carbocycles. The molecule has 0 unspecified atom stereocenters. The molecule has 2 aliphatic heterocycles. The molecule has 2 aliphatic rings. The van der Waals surface area contributed by atoms with E-state index < -0.39 is 18.3 Å². The Balaban J connectivity index is 1.21. The molecule has 40 heavy (non-hydrogen) atoms. The van der Waals surface area contributed by atoms with Gasteiger partial charge >= 0.3 is 7.12 Å². The number of pyridine rings is 1. The number of oxime groups is 1. The lowest BCUT2D eigenvalue weighted by atomic mass is 9.77. The van der Waals surface area contributed by atoms with Gasteiger partial charge in [-0.2, -0.15) is 0 Å². The first kappa shape index (κ1) is 27.2. The number of hydrogen-bond acceptors (Lipinski definition) is 5. The number of benzene rings is 2. The second-order valence-electron chi connectivity index (χ2n) is 10.8. The van der Waals surface area contributed by atoms with E-state index in [1.807, 2.05) is 67.8 Å². The SMILES string of the molecule is CC1(C)OB(O)c2cc(CNC(=O)c3ccc(C4=NO[C@@](C)(c5cc(Cl)c(Cl)c(Cl)c5)C4)c4cccn34)ccc21. The van der Waals surface area contributed by atoms with Crippen LogP contribution in [-0.2, 0) is 27.2 Å². The summed E-state index contributed by atoms with van der Waals surface area (Å²) in [6.45, 7) is 6.06. The predicted octanol–water partition coefficient (Wildman–Crippen LogP) is 5.82. The van der Waals surface area contributed by atoms with E-state index in [1.165, 1.54) is 0 Å². The highest BCUT2D eigenvalue weighted by molar-refractivity contribution is 6.62. The van der Waals surface area contributed by atoms with Gasteiger partial charge in [-0.3, -0.25) is 4.79 Å². The van der Waals surface area contributed by atoms with E-state index in [-0.39, 0.29) is 5.91 Å². The third kappa shape index (κ3) is 4.58. The third-order valence-corrected chi connectivity index (χ3v) is 8.78. The van der Waals surface area contributed by atoms with Gasteiger partial charge in [-0.05, 0) is 73.8 Å². The minimum Gasteiger partial charge on any atom is -0.423 e. The Hall–Kier alpha value is -3.01. The van der Waals surface area contributed by atoms with Crippen molar-refractivity contribution in [2.24, 2.45) is 5.16 Å². The summed E-state index contributed by atoms with van der Waals surface area (Å²) < 4.78 is 7.48. The van der Waals surface area contributed by atoms with Crippen LogP contribution in [-0.4, -0.2) is 28.2 Å². The maximum Gasteiger partial charge on any atom is 0.492 e. The van der Waals surface area contributed by atoms with Gasteiger partial charge in [-0.15, -0.1) is 0 Å². The maximum atomic E-state index is 13.2. The van der Waals surface area contributed by atoms with E-state index in [1.54, 1.807) is 18.2 Å². The average molecular weight is 597 g/mol. The van der Waals surface area contributed by atoms with Crippen LogP contribution in [0, 0.1) is 0 Å². The lowest BCUT2D eigenvalue weighted by Crippen LogP contribution is -2.30. The fourth-order valence-electron chi connectivity index (χ4n) is 5.42. The molecule has 0 fully saturated rings. The van der Waals surface area contributed by atoms with Gasteiger partial charge in [0.1, 0.15) is 5.69 Å². The highest BCUT2D eigenvalue weighted by atomic mass is 35.5. The summed E-state index contributed by atoms with van der Waals surface area (Å²) in [4.78, 5) is 19.1. The molecule has 0 saturated heterocycles. The number of nitrogens with zero attached hydrogens (tertiary/aromatic N) is 2. The molecule has 204 valence electrons. The van der Waals surface area contributed by atoms with Gasteiger partial charge in [-0.25, -0.2) is 0 Å². The van der Waals surface area contributed by atoms with Crippen molar-refractivity contribution in [2.75, 3.05) is 0 Å². The zero-order valence-corrected chi connectivity index (χ0v) is 24.2. The lowest BCUT2D eigenvalue weighted by molar-refractivity contribution is -0.00737. The van der Waals surface area contributed by atoms with Crippen molar-refractivity contribution in [2.45, 2.75) is 44.9 Å². The van der Waals surface area contributed by atoms with Crippen molar-refractivity contribution >= 4 is 64.5 Å². The number of fused-ring (bicyclic) bond motifs is 2. The number of rotatable bonds is 5. The van der Waals surface area contributed by atoms with Crippen LogP contribution in [0.3, 0.4) is 0 Å². The summed E-state index contributed by atoms with van der Waals surface area (Å²) in [5.74, 6) is -0.231. The molecule has 4 heterocycles. The monoisotopic (exact) mass is 595 g/mol. The molecule has 1 amide bonds. The van der Waals surface area contributed by atoms with Crippen LogP contribution in [0.25, 0.3) is 5.52 Å². The normalized spacial score (nSPS) is 19.5. The van der Waals surface area contributed by atoms with Crippen molar-refractivity contribution in [3.05, 3.63) is 104 Å². The van der Waals surface area contributed by atoms with Crippen LogP contribution in [0.4, 0.5) is 0 Å². The minimum atomic E-state index is -0.981. The fraction of sp³-hybridized carbons (Fsp3) is 0.241. The lowest BCUT2D eigenvalue weighted by Gasteiger charge is -2.23. The molecular weight excluding hydrogens is 572 g/mol. The van der Waals surface area contributed by atoms with E-state index >= 15 is 0 Å². The number of carbonyl (C=O) groups excluding carboxylic acids is 1. The quantitative estimate of drug-likeness (QED) is 0.225. The predicted molar refractivity (Wildman–Crippen MR) is 158 cm³/mol. The van der Waals surface area contributed by atoms with Crippen LogP contribution in [0.2, 0.25) is 15.1 Å². The second kappa shape index (κ2) is 9.82. The number of aromatic nitrogens is 1. The van der Waals surface area contributed by atoms with Crippen LogP contribution in [0.1, 0.15) is 59.9 Å². The van der Waals surface area contributed by atoms with Crippen LogP contribution in [0.5, 0.6) is 0 Å². The van der Waals surface area contributed by atoms with Gasteiger partial charge in [0.2, 0.25) is 0 Å². The topological polar surface area (TPSA) is 84.6 Å². The molecule has 0 radical (unpaired) electrons. The first-order chi connectivity index (χ1) is 19.0. The minimum absolute atomic E-state index is 0.231. The molecule has 4 aromatic rings. The summed E-state index contributed by atoms with van der Waals surface area (Å²) in [7, 11) is -0.981. The maximum absolute atomic E-state index is 13.2. The first-order valence-corrected chi connectivity index (χ1v) is 13.9. The van der Waals surface area contributed by atoms with Crippen molar-refractivity contribution in [1.29, 1.82) is 0 Å². The first-order valence-electron chi connectivity index (χ1n) is 12.7. The molecule has 0 aliphatic carbocycles. The fourth-order valence-corrected chi connectivity index (χ4v) is 6.02. The molecular formula is C29H25BCl3N3O4. The number of nitrogens with one attached hydrogen (secondary N) is 1. The summed E-state index contributed by atoms with van der Waals surface area (Å²) in [5.41, 5.74) is 4.86. The van der Waals surface area contributed by atoms with E-state index in [0.29, 0.717) is 33.7 Å². The highest BCUT2D eigenvalue weighted by Crippen LogP contribution is 2.41. The molecule has 0 bridgehead atoms. The van der Waals surface area contributed by atoms with E-state index in [4.69, 9.17) is 44.3 Å². The molecule has 2 N–H and O–H groups in total. The smallest absolute Gasteiger partial charge is 0.423 e. The van der Waals surface area contributed by atoms with Gasteiger partial charge < -0.3 is 24.2 Å². The Kier molecular flexibility index (Phi) is 6.67.